The van der Waals surface area contributed by atoms with E-state index >= 15 is 0 Å². The minimum atomic E-state index is 0.169. The van der Waals surface area contributed by atoms with Crippen molar-refractivity contribution >= 4 is 23.2 Å². The van der Waals surface area contributed by atoms with Crippen LogP contribution in [0.2, 0.25) is 5.02 Å². The zero-order chi connectivity index (χ0) is 17.3. The molecule has 1 unspecified atom stereocenters. The fraction of sp³-hybridized carbons (Fsp3) is 0.381. The zero-order valence-corrected chi connectivity index (χ0v) is 15.0. The summed E-state index contributed by atoms with van der Waals surface area (Å²) in [5.41, 5.74) is 2.31. The van der Waals surface area contributed by atoms with E-state index in [9.17, 15) is 4.79 Å². The number of benzene rings is 2. The van der Waals surface area contributed by atoms with Gasteiger partial charge < -0.3 is 10.2 Å². The first-order valence-electron chi connectivity index (χ1n) is 9.00. The van der Waals surface area contributed by atoms with Crippen LogP contribution < -0.4 is 10.2 Å². The highest BCUT2D eigenvalue weighted by molar-refractivity contribution is 6.30. The molecule has 130 valence electrons. The lowest BCUT2D eigenvalue weighted by molar-refractivity contribution is -0.120. The van der Waals surface area contributed by atoms with Crippen molar-refractivity contribution in [2.75, 3.05) is 18.0 Å². The molecule has 1 N–H and O–H groups in total. The molecule has 1 saturated heterocycles. The summed E-state index contributed by atoms with van der Waals surface area (Å²) in [5.74, 6) is 0.435. The molecule has 0 aromatic heterocycles. The van der Waals surface area contributed by atoms with E-state index in [2.05, 4.69) is 5.32 Å². The van der Waals surface area contributed by atoms with Crippen LogP contribution in [0.3, 0.4) is 0 Å². The topological polar surface area (TPSA) is 32.3 Å². The van der Waals surface area contributed by atoms with E-state index < -0.39 is 0 Å². The van der Waals surface area contributed by atoms with E-state index in [-0.39, 0.29) is 17.2 Å². The van der Waals surface area contributed by atoms with Gasteiger partial charge in [0.15, 0.2) is 0 Å². The molecule has 4 heteroatoms. The molecular formula is C21H23ClN2O. The van der Waals surface area contributed by atoms with Crippen LogP contribution in [0.4, 0.5) is 5.69 Å². The van der Waals surface area contributed by atoms with Crippen molar-refractivity contribution in [1.82, 2.24) is 5.32 Å². The van der Waals surface area contributed by atoms with Crippen molar-refractivity contribution in [3.05, 3.63) is 65.2 Å². The highest BCUT2D eigenvalue weighted by atomic mass is 35.5. The molecule has 2 fully saturated rings. The van der Waals surface area contributed by atoms with Gasteiger partial charge in [0.05, 0.1) is 6.54 Å². The lowest BCUT2D eigenvalue weighted by atomic mass is 9.91. The summed E-state index contributed by atoms with van der Waals surface area (Å²) in [6, 6.07) is 17.8. The van der Waals surface area contributed by atoms with Crippen LogP contribution in [0.1, 0.15) is 24.8 Å². The van der Waals surface area contributed by atoms with Crippen LogP contribution in [-0.4, -0.2) is 19.0 Å². The van der Waals surface area contributed by atoms with Crippen molar-refractivity contribution in [2.24, 2.45) is 11.3 Å². The van der Waals surface area contributed by atoms with Crippen LogP contribution in [0.15, 0.2) is 54.6 Å². The van der Waals surface area contributed by atoms with Gasteiger partial charge in [-0.15, -0.1) is 0 Å². The van der Waals surface area contributed by atoms with Crippen molar-refractivity contribution in [2.45, 2.75) is 25.8 Å². The lowest BCUT2D eigenvalue weighted by Gasteiger charge is -2.27. The number of anilines is 1. The quantitative estimate of drug-likeness (QED) is 0.889. The van der Waals surface area contributed by atoms with E-state index in [0.29, 0.717) is 6.54 Å². The molecule has 4 rings (SSSR count). The molecule has 25 heavy (non-hydrogen) atoms. The monoisotopic (exact) mass is 354 g/mol. The summed E-state index contributed by atoms with van der Waals surface area (Å²) in [5, 5.41) is 4.13. The number of halogens is 1. The second-order valence-electron chi connectivity index (χ2n) is 7.26. The molecule has 1 aliphatic carbocycles. The second-order valence-corrected chi connectivity index (χ2v) is 7.69. The summed E-state index contributed by atoms with van der Waals surface area (Å²) in [4.78, 5) is 15.3. The number of nitrogens with one attached hydrogen (secondary N) is 1. The van der Waals surface area contributed by atoms with Crippen LogP contribution in [0, 0.1) is 11.3 Å². The van der Waals surface area contributed by atoms with Crippen LogP contribution >= 0.6 is 11.6 Å². The van der Waals surface area contributed by atoms with Crippen LogP contribution in [0.25, 0.3) is 0 Å². The minimum absolute atomic E-state index is 0.169. The summed E-state index contributed by atoms with van der Waals surface area (Å²) in [7, 11) is 0. The number of amides is 1. The fourth-order valence-electron chi connectivity index (χ4n) is 4.04. The van der Waals surface area contributed by atoms with Crippen molar-refractivity contribution in [3.63, 3.8) is 0 Å². The molecule has 2 aliphatic rings. The Morgan fingerprint density at radius 2 is 1.76 bits per heavy atom. The Balaban J connectivity index is 1.57. The number of hydrogen-bond donors (Lipinski definition) is 1. The highest BCUT2D eigenvalue weighted by Crippen LogP contribution is 2.59. The Labute approximate surface area is 154 Å². The lowest BCUT2D eigenvalue weighted by Crippen LogP contribution is -2.36. The number of nitrogens with zero attached hydrogens (tertiary/aromatic N) is 1. The van der Waals surface area contributed by atoms with Crippen molar-refractivity contribution < 1.29 is 4.79 Å². The number of hydrogen-bond acceptors (Lipinski definition) is 2. The number of carbonyl (C=O) groups is 1. The van der Waals surface area contributed by atoms with E-state index in [0.717, 1.165) is 48.6 Å². The van der Waals surface area contributed by atoms with E-state index in [1.807, 2.05) is 59.5 Å². The number of para-hydroxylation sites is 1. The van der Waals surface area contributed by atoms with Gasteiger partial charge in [0.25, 0.3) is 0 Å². The molecule has 2 aromatic rings. The largest absolute Gasteiger partial charge is 0.317 e. The van der Waals surface area contributed by atoms with Gasteiger partial charge >= 0.3 is 0 Å². The average Bonchev–Trinajstić information content (AvgIpc) is 3.35. The van der Waals surface area contributed by atoms with Gasteiger partial charge in [-0.1, -0.05) is 41.9 Å². The van der Waals surface area contributed by atoms with E-state index in [1.165, 1.54) is 0 Å². The number of rotatable bonds is 4. The standard InChI is InChI=1S/C21H23ClN2O/c22-17-8-6-16(7-9-17)15-24(18-4-2-1-3-5-18)20(25)19-14-21(19)10-12-23-13-11-21/h1-9,19,23H,10-15H2. The first kappa shape index (κ1) is 16.6. The Morgan fingerprint density at radius 3 is 2.44 bits per heavy atom. The Hall–Kier alpha value is -1.84. The van der Waals surface area contributed by atoms with Crippen LogP contribution in [-0.2, 0) is 11.3 Å². The van der Waals surface area contributed by atoms with E-state index in [1.54, 1.807) is 0 Å². The number of piperidine rings is 1. The molecule has 0 bridgehead atoms. The molecule has 1 atom stereocenters. The van der Waals surface area contributed by atoms with Gasteiger partial charge in [-0.2, -0.15) is 0 Å². The van der Waals surface area contributed by atoms with Gasteiger partial charge in [0.2, 0.25) is 5.91 Å². The average molecular weight is 355 g/mol. The molecule has 1 saturated carbocycles. The molecule has 1 aliphatic heterocycles. The van der Waals surface area contributed by atoms with Gasteiger partial charge in [0, 0.05) is 16.6 Å². The smallest absolute Gasteiger partial charge is 0.230 e. The molecule has 1 spiro atoms. The Morgan fingerprint density at radius 1 is 1.08 bits per heavy atom. The summed E-state index contributed by atoms with van der Waals surface area (Å²) in [6.07, 6.45) is 3.28. The Bertz CT molecular complexity index is 738. The predicted octanol–water partition coefficient (Wildman–Crippen LogP) is 4.26. The zero-order valence-electron chi connectivity index (χ0n) is 14.2. The van der Waals surface area contributed by atoms with Crippen molar-refractivity contribution in [3.8, 4) is 0 Å². The predicted molar refractivity (Wildman–Crippen MR) is 102 cm³/mol. The molecule has 1 amide bonds. The summed E-state index contributed by atoms with van der Waals surface area (Å²) in [6.45, 7) is 2.66. The maximum Gasteiger partial charge on any atom is 0.230 e. The first-order valence-corrected chi connectivity index (χ1v) is 9.37. The molecule has 3 nitrogen and oxygen atoms in total. The minimum Gasteiger partial charge on any atom is -0.317 e. The fourth-order valence-corrected chi connectivity index (χ4v) is 4.16. The molecule has 2 aromatic carbocycles. The van der Waals surface area contributed by atoms with Gasteiger partial charge in [-0.05, 0) is 67.6 Å². The van der Waals surface area contributed by atoms with Crippen LogP contribution in [0.5, 0.6) is 0 Å². The number of carbonyl (C=O) groups excluding carboxylic acids is 1. The molecule has 1 heterocycles. The maximum absolute atomic E-state index is 13.3. The third-order valence-corrected chi connectivity index (χ3v) is 5.93. The highest BCUT2D eigenvalue weighted by Gasteiger charge is 2.58. The molecular weight excluding hydrogens is 332 g/mol. The summed E-state index contributed by atoms with van der Waals surface area (Å²) < 4.78 is 0. The third-order valence-electron chi connectivity index (χ3n) is 5.67. The third kappa shape index (κ3) is 3.44. The first-order chi connectivity index (χ1) is 12.2. The van der Waals surface area contributed by atoms with Gasteiger partial charge in [-0.25, -0.2) is 0 Å². The normalized spacial score (nSPS) is 21.1. The SMILES string of the molecule is O=C(C1CC12CCNCC2)N(Cc1ccc(Cl)cc1)c1ccccc1. The second kappa shape index (κ2) is 6.81. The maximum atomic E-state index is 13.3. The van der Waals surface area contributed by atoms with Gasteiger partial charge in [-0.3, -0.25) is 4.79 Å². The van der Waals surface area contributed by atoms with Crippen molar-refractivity contribution in [1.29, 1.82) is 0 Å². The van der Waals surface area contributed by atoms with Gasteiger partial charge in [0.1, 0.15) is 0 Å². The molecule has 0 radical (unpaired) electrons. The Kier molecular flexibility index (Phi) is 4.53. The summed E-state index contributed by atoms with van der Waals surface area (Å²) >= 11 is 6.00. The van der Waals surface area contributed by atoms with E-state index in [4.69, 9.17) is 11.6 Å².